The van der Waals surface area contributed by atoms with E-state index in [4.69, 9.17) is 4.74 Å². The molecule has 1 aliphatic carbocycles. The number of rotatable bonds is 6. The largest absolute Gasteiger partial charge is 0.378 e. The molecule has 2 heteroatoms. The van der Waals surface area contributed by atoms with Gasteiger partial charge in [-0.3, -0.25) is 0 Å². The van der Waals surface area contributed by atoms with Crippen LogP contribution in [0.15, 0.2) is 0 Å². The van der Waals surface area contributed by atoms with Gasteiger partial charge in [-0.05, 0) is 43.9 Å². The molecule has 0 spiro atoms. The van der Waals surface area contributed by atoms with Crippen molar-refractivity contribution in [1.29, 1.82) is 0 Å². The molecule has 0 aromatic heterocycles. The Bertz CT molecular complexity index is 211. The van der Waals surface area contributed by atoms with E-state index in [1.807, 2.05) is 0 Å². The monoisotopic (exact) mass is 225 g/mol. The molecule has 2 unspecified atom stereocenters. The third-order valence-corrected chi connectivity index (χ3v) is 4.45. The Balaban J connectivity index is 1.69. The van der Waals surface area contributed by atoms with Gasteiger partial charge in [-0.2, -0.15) is 0 Å². The molecule has 0 aromatic carbocycles. The first-order valence-electron chi connectivity index (χ1n) is 7.13. The van der Waals surface area contributed by atoms with Crippen LogP contribution in [0.25, 0.3) is 0 Å². The summed E-state index contributed by atoms with van der Waals surface area (Å²) in [5, 5.41) is 3.78. The van der Waals surface area contributed by atoms with Gasteiger partial charge in [-0.25, -0.2) is 0 Å². The number of nitrogens with one attached hydrogen (secondary N) is 1. The molecule has 0 radical (unpaired) electrons. The van der Waals surface area contributed by atoms with Gasteiger partial charge >= 0.3 is 0 Å². The summed E-state index contributed by atoms with van der Waals surface area (Å²) >= 11 is 0. The van der Waals surface area contributed by atoms with Crippen LogP contribution in [0.2, 0.25) is 0 Å². The van der Waals surface area contributed by atoms with Crippen molar-refractivity contribution in [2.75, 3.05) is 13.2 Å². The molecule has 1 saturated heterocycles. The predicted octanol–water partition coefficient (Wildman–Crippen LogP) is 3.11. The van der Waals surface area contributed by atoms with Crippen LogP contribution in [-0.4, -0.2) is 25.3 Å². The van der Waals surface area contributed by atoms with Gasteiger partial charge in [0.15, 0.2) is 0 Å². The van der Waals surface area contributed by atoms with Gasteiger partial charge in [0.1, 0.15) is 0 Å². The lowest BCUT2D eigenvalue weighted by molar-refractivity contribution is -0.00392. The van der Waals surface area contributed by atoms with Crippen molar-refractivity contribution in [3.05, 3.63) is 0 Å². The van der Waals surface area contributed by atoms with Crippen LogP contribution in [0.5, 0.6) is 0 Å². The molecule has 16 heavy (non-hydrogen) atoms. The van der Waals surface area contributed by atoms with Crippen molar-refractivity contribution in [3.63, 3.8) is 0 Å². The van der Waals surface area contributed by atoms with E-state index in [-0.39, 0.29) is 0 Å². The van der Waals surface area contributed by atoms with Crippen LogP contribution in [0.3, 0.4) is 0 Å². The van der Waals surface area contributed by atoms with Crippen LogP contribution in [0.1, 0.15) is 58.8 Å². The zero-order chi connectivity index (χ0) is 11.4. The highest BCUT2D eigenvalue weighted by Gasteiger charge is 2.40. The van der Waals surface area contributed by atoms with E-state index in [0.717, 1.165) is 6.61 Å². The highest BCUT2D eigenvalue weighted by molar-refractivity contribution is 4.94. The topological polar surface area (TPSA) is 21.3 Å². The second-order valence-electron chi connectivity index (χ2n) is 5.74. The molecule has 1 aliphatic heterocycles. The van der Waals surface area contributed by atoms with E-state index in [2.05, 4.69) is 19.2 Å². The Hall–Kier alpha value is -0.0800. The maximum absolute atomic E-state index is 5.78. The summed E-state index contributed by atoms with van der Waals surface area (Å²) in [5.41, 5.74) is 0.679. The molecule has 2 aliphatic rings. The van der Waals surface area contributed by atoms with Gasteiger partial charge in [-0.1, -0.05) is 20.3 Å². The highest BCUT2D eigenvalue weighted by atomic mass is 16.5. The zero-order valence-corrected chi connectivity index (χ0v) is 10.9. The van der Waals surface area contributed by atoms with Crippen molar-refractivity contribution < 1.29 is 4.74 Å². The first kappa shape index (κ1) is 12.4. The fraction of sp³-hybridized carbons (Fsp3) is 1.00. The van der Waals surface area contributed by atoms with Gasteiger partial charge in [-0.15, -0.1) is 0 Å². The molecule has 2 fully saturated rings. The van der Waals surface area contributed by atoms with Crippen LogP contribution in [-0.2, 0) is 4.74 Å². The molecule has 2 nitrogen and oxygen atoms in total. The Kier molecular flexibility index (Phi) is 4.26. The Labute approximate surface area is 100 Å². The second-order valence-corrected chi connectivity index (χ2v) is 5.74. The van der Waals surface area contributed by atoms with E-state index < -0.39 is 0 Å². The standard InChI is InChI=1S/C14H27NO/c1-3-5-13-10-12(6-9-16-13)15-11-14(4-2)7-8-14/h12-13,15H,3-11H2,1-2H3. The Morgan fingerprint density at radius 1 is 1.31 bits per heavy atom. The average Bonchev–Trinajstić information content (AvgIpc) is 3.08. The molecule has 0 bridgehead atoms. The molecule has 1 heterocycles. The van der Waals surface area contributed by atoms with E-state index in [1.54, 1.807) is 0 Å². The Morgan fingerprint density at radius 2 is 2.12 bits per heavy atom. The quantitative estimate of drug-likeness (QED) is 0.750. The lowest BCUT2D eigenvalue weighted by Crippen LogP contribution is -2.41. The normalized spacial score (nSPS) is 32.6. The van der Waals surface area contributed by atoms with E-state index in [0.29, 0.717) is 17.6 Å². The van der Waals surface area contributed by atoms with Crippen molar-refractivity contribution in [1.82, 2.24) is 5.32 Å². The molecular weight excluding hydrogens is 198 g/mol. The Morgan fingerprint density at radius 3 is 2.75 bits per heavy atom. The molecule has 94 valence electrons. The average molecular weight is 225 g/mol. The number of ether oxygens (including phenoxy) is 1. The smallest absolute Gasteiger partial charge is 0.0589 e. The third-order valence-electron chi connectivity index (χ3n) is 4.45. The summed E-state index contributed by atoms with van der Waals surface area (Å²) in [5.74, 6) is 0. The maximum atomic E-state index is 5.78. The van der Waals surface area contributed by atoms with Gasteiger partial charge in [0.05, 0.1) is 6.10 Å². The molecule has 2 atom stereocenters. The van der Waals surface area contributed by atoms with Gasteiger partial charge in [0.2, 0.25) is 0 Å². The summed E-state index contributed by atoms with van der Waals surface area (Å²) in [6, 6.07) is 0.717. The molecule has 2 rings (SSSR count). The van der Waals surface area contributed by atoms with Gasteiger partial charge in [0, 0.05) is 19.2 Å². The second kappa shape index (κ2) is 5.50. The summed E-state index contributed by atoms with van der Waals surface area (Å²) in [6.45, 7) is 6.78. The maximum Gasteiger partial charge on any atom is 0.0589 e. The van der Waals surface area contributed by atoms with Gasteiger partial charge < -0.3 is 10.1 Å². The molecular formula is C14H27NO. The summed E-state index contributed by atoms with van der Waals surface area (Å²) in [6.07, 6.45) is 9.67. The minimum atomic E-state index is 0.521. The van der Waals surface area contributed by atoms with E-state index in [9.17, 15) is 0 Å². The van der Waals surface area contributed by atoms with E-state index >= 15 is 0 Å². The van der Waals surface area contributed by atoms with Crippen LogP contribution >= 0.6 is 0 Å². The predicted molar refractivity (Wildman–Crippen MR) is 67.6 cm³/mol. The molecule has 0 aromatic rings. The number of hydrogen-bond donors (Lipinski definition) is 1. The summed E-state index contributed by atoms with van der Waals surface area (Å²) in [7, 11) is 0. The van der Waals surface area contributed by atoms with Crippen molar-refractivity contribution in [2.45, 2.75) is 70.9 Å². The number of hydrogen-bond acceptors (Lipinski definition) is 2. The van der Waals surface area contributed by atoms with Gasteiger partial charge in [0.25, 0.3) is 0 Å². The van der Waals surface area contributed by atoms with Crippen molar-refractivity contribution in [2.24, 2.45) is 5.41 Å². The minimum Gasteiger partial charge on any atom is -0.378 e. The van der Waals surface area contributed by atoms with Crippen molar-refractivity contribution >= 4 is 0 Å². The first-order valence-corrected chi connectivity index (χ1v) is 7.13. The lowest BCUT2D eigenvalue weighted by Gasteiger charge is -2.31. The fourth-order valence-corrected chi connectivity index (χ4v) is 2.78. The first-order chi connectivity index (χ1) is 7.78. The molecule has 1 N–H and O–H groups in total. The highest BCUT2D eigenvalue weighted by Crippen LogP contribution is 2.48. The zero-order valence-electron chi connectivity index (χ0n) is 10.9. The third kappa shape index (κ3) is 3.21. The fourth-order valence-electron chi connectivity index (χ4n) is 2.78. The molecule has 0 amide bonds. The minimum absolute atomic E-state index is 0.521. The van der Waals surface area contributed by atoms with E-state index in [1.165, 1.54) is 51.5 Å². The summed E-state index contributed by atoms with van der Waals surface area (Å²) in [4.78, 5) is 0. The lowest BCUT2D eigenvalue weighted by atomic mass is 9.98. The summed E-state index contributed by atoms with van der Waals surface area (Å²) < 4.78 is 5.78. The van der Waals surface area contributed by atoms with Crippen LogP contribution in [0, 0.1) is 5.41 Å². The van der Waals surface area contributed by atoms with Crippen molar-refractivity contribution in [3.8, 4) is 0 Å². The van der Waals surface area contributed by atoms with Crippen LogP contribution in [0.4, 0.5) is 0 Å². The van der Waals surface area contributed by atoms with Crippen LogP contribution < -0.4 is 5.32 Å². The SMILES string of the molecule is CCCC1CC(NCC2(CC)CC2)CCO1. The molecule has 1 saturated carbocycles.